The Kier molecular flexibility index (Phi) is 6.34. The second kappa shape index (κ2) is 8.47. The topological polar surface area (TPSA) is 93.2 Å². The number of guanidine groups is 1. The first kappa shape index (κ1) is 18.0. The number of rotatable bonds is 7. The lowest BCUT2D eigenvalue weighted by Crippen LogP contribution is -2.37. The van der Waals surface area contributed by atoms with Crippen LogP contribution < -0.4 is 10.6 Å². The fourth-order valence-corrected chi connectivity index (χ4v) is 2.08. The summed E-state index contributed by atoms with van der Waals surface area (Å²) in [6.07, 6.45) is 7.34. The maximum absolute atomic E-state index is 5.76. The van der Waals surface area contributed by atoms with Gasteiger partial charge in [0.2, 0.25) is 5.89 Å². The van der Waals surface area contributed by atoms with E-state index >= 15 is 0 Å². The molecule has 0 saturated heterocycles. The summed E-state index contributed by atoms with van der Waals surface area (Å²) in [4.78, 5) is 8.51. The van der Waals surface area contributed by atoms with Crippen molar-refractivity contribution in [1.82, 2.24) is 30.4 Å². The molecule has 132 valence electrons. The lowest BCUT2D eigenvalue weighted by Gasteiger charge is -2.13. The van der Waals surface area contributed by atoms with Crippen molar-refractivity contribution < 1.29 is 4.42 Å². The van der Waals surface area contributed by atoms with Crippen LogP contribution in [0.5, 0.6) is 0 Å². The van der Waals surface area contributed by atoms with E-state index in [-0.39, 0.29) is 5.41 Å². The van der Waals surface area contributed by atoms with Crippen molar-refractivity contribution in [3.8, 4) is 0 Å². The number of unbranched alkanes of at least 4 members (excludes halogenated alkanes) is 1. The van der Waals surface area contributed by atoms with Gasteiger partial charge in [0, 0.05) is 25.6 Å². The quantitative estimate of drug-likeness (QED) is 0.455. The van der Waals surface area contributed by atoms with Crippen LogP contribution in [0.25, 0.3) is 0 Å². The molecule has 0 unspecified atom stereocenters. The molecule has 2 N–H and O–H groups in total. The fourth-order valence-electron chi connectivity index (χ4n) is 2.08. The molecule has 0 saturated carbocycles. The van der Waals surface area contributed by atoms with E-state index in [0.29, 0.717) is 12.4 Å². The molecule has 8 nitrogen and oxygen atoms in total. The van der Waals surface area contributed by atoms with Gasteiger partial charge in [0.1, 0.15) is 18.4 Å². The highest BCUT2D eigenvalue weighted by Crippen LogP contribution is 2.22. The van der Waals surface area contributed by atoms with Crippen molar-refractivity contribution in [3.63, 3.8) is 0 Å². The van der Waals surface area contributed by atoms with Crippen LogP contribution >= 0.6 is 0 Å². The standard InChI is InChI=1S/C16H27N7O/c1-16(2,3)13-9-19-14(24-13)10-20-15(17-4)18-7-5-6-8-23-11-21-22-12-23/h9,11-12H,5-8,10H2,1-4H3,(H2,17,18,20). The van der Waals surface area contributed by atoms with E-state index < -0.39 is 0 Å². The largest absolute Gasteiger partial charge is 0.443 e. The molecule has 0 amide bonds. The SMILES string of the molecule is CN=C(NCCCCn1cnnc1)NCc1ncc(C(C)(C)C)o1. The van der Waals surface area contributed by atoms with E-state index in [0.717, 1.165) is 37.7 Å². The van der Waals surface area contributed by atoms with Gasteiger partial charge in [0.15, 0.2) is 5.96 Å². The summed E-state index contributed by atoms with van der Waals surface area (Å²) in [5.41, 5.74) is -0.0318. The molecule has 8 heteroatoms. The van der Waals surface area contributed by atoms with Crippen LogP contribution in [0.2, 0.25) is 0 Å². The van der Waals surface area contributed by atoms with Crippen molar-refractivity contribution in [2.24, 2.45) is 4.99 Å². The molecular formula is C16H27N7O. The molecule has 2 rings (SSSR count). The third-order valence-electron chi connectivity index (χ3n) is 3.53. The number of aryl methyl sites for hydroxylation is 1. The van der Waals surface area contributed by atoms with Crippen molar-refractivity contribution in [2.45, 2.75) is 52.1 Å². The zero-order chi connectivity index (χ0) is 17.4. The summed E-state index contributed by atoms with van der Waals surface area (Å²) >= 11 is 0. The smallest absolute Gasteiger partial charge is 0.213 e. The fraction of sp³-hybridized carbons (Fsp3) is 0.625. The van der Waals surface area contributed by atoms with Gasteiger partial charge in [0.05, 0.1) is 12.7 Å². The van der Waals surface area contributed by atoms with Crippen LogP contribution in [0.1, 0.15) is 45.3 Å². The van der Waals surface area contributed by atoms with Crippen molar-refractivity contribution in [2.75, 3.05) is 13.6 Å². The number of hydrogen-bond acceptors (Lipinski definition) is 5. The summed E-state index contributed by atoms with van der Waals surface area (Å²) in [6, 6.07) is 0. The number of oxazole rings is 1. The summed E-state index contributed by atoms with van der Waals surface area (Å²) < 4.78 is 7.73. The molecule has 0 atom stereocenters. The maximum atomic E-state index is 5.76. The lowest BCUT2D eigenvalue weighted by atomic mass is 9.94. The Labute approximate surface area is 142 Å². The number of nitrogens with zero attached hydrogens (tertiary/aromatic N) is 5. The van der Waals surface area contributed by atoms with Crippen LogP contribution in [0, 0.1) is 0 Å². The number of nitrogens with one attached hydrogen (secondary N) is 2. The first-order valence-corrected chi connectivity index (χ1v) is 8.21. The Bertz CT molecular complexity index is 625. The summed E-state index contributed by atoms with van der Waals surface area (Å²) in [5.74, 6) is 2.29. The maximum Gasteiger partial charge on any atom is 0.213 e. The minimum atomic E-state index is -0.0318. The summed E-state index contributed by atoms with van der Waals surface area (Å²) in [6.45, 7) is 8.59. The Morgan fingerprint density at radius 3 is 2.58 bits per heavy atom. The van der Waals surface area contributed by atoms with Gasteiger partial charge < -0.3 is 19.6 Å². The molecular weight excluding hydrogens is 306 g/mol. The van der Waals surface area contributed by atoms with Crippen molar-refractivity contribution in [1.29, 1.82) is 0 Å². The van der Waals surface area contributed by atoms with Gasteiger partial charge >= 0.3 is 0 Å². The van der Waals surface area contributed by atoms with Crippen LogP contribution in [0.3, 0.4) is 0 Å². The number of aliphatic imine (C=N–C) groups is 1. The van der Waals surface area contributed by atoms with E-state index in [1.807, 2.05) is 4.57 Å². The molecule has 0 fully saturated rings. The van der Waals surface area contributed by atoms with Gasteiger partial charge in [-0.15, -0.1) is 10.2 Å². The summed E-state index contributed by atoms with van der Waals surface area (Å²) in [5, 5.41) is 14.1. The zero-order valence-corrected chi connectivity index (χ0v) is 14.9. The molecule has 0 radical (unpaired) electrons. The molecule has 24 heavy (non-hydrogen) atoms. The number of aromatic nitrogens is 4. The normalized spacial score (nSPS) is 12.4. The molecule has 0 bridgehead atoms. The third-order valence-corrected chi connectivity index (χ3v) is 3.53. The highest BCUT2D eigenvalue weighted by Gasteiger charge is 2.19. The van der Waals surface area contributed by atoms with Crippen LogP contribution in [-0.4, -0.2) is 39.3 Å². The van der Waals surface area contributed by atoms with E-state index in [2.05, 4.69) is 51.6 Å². The first-order valence-electron chi connectivity index (χ1n) is 8.21. The van der Waals surface area contributed by atoms with Gasteiger partial charge in [-0.2, -0.15) is 0 Å². The Hall–Kier alpha value is -2.38. The Balaban J connectivity index is 1.66. The van der Waals surface area contributed by atoms with Gasteiger partial charge in [-0.3, -0.25) is 4.99 Å². The third kappa shape index (κ3) is 5.68. The van der Waals surface area contributed by atoms with Gasteiger partial charge in [0.25, 0.3) is 0 Å². The first-order chi connectivity index (χ1) is 11.5. The number of hydrogen-bond donors (Lipinski definition) is 2. The van der Waals surface area contributed by atoms with Crippen molar-refractivity contribution in [3.05, 3.63) is 30.5 Å². The van der Waals surface area contributed by atoms with Crippen LogP contribution in [0.15, 0.2) is 28.3 Å². The molecule has 2 heterocycles. The molecule has 0 spiro atoms. The van der Waals surface area contributed by atoms with Gasteiger partial charge in [-0.1, -0.05) is 20.8 Å². The van der Waals surface area contributed by atoms with Gasteiger partial charge in [-0.25, -0.2) is 4.98 Å². The summed E-state index contributed by atoms with van der Waals surface area (Å²) in [7, 11) is 1.75. The highest BCUT2D eigenvalue weighted by atomic mass is 16.4. The molecule has 0 aliphatic heterocycles. The molecule has 0 aliphatic rings. The van der Waals surface area contributed by atoms with E-state index in [1.54, 1.807) is 25.9 Å². The Morgan fingerprint density at radius 1 is 1.21 bits per heavy atom. The lowest BCUT2D eigenvalue weighted by molar-refractivity contribution is 0.379. The predicted octanol–water partition coefficient (Wildman–Crippen LogP) is 1.71. The van der Waals surface area contributed by atoms with Crippen LogP contribution in [-0.2, 0) is 18.5 Å². The predicted molar refractivity (Wildman–Crippen MR) is 92.7 cm³/mol. The second-order valence-corrected chi connectivity index (χ2v) is 6.63. The highest BCUT2D eigenvalue weighted by molar-refractivity contribution is 5.79. The average Bonchev–Trinajstić information content (AvgIpc) is 3.20. The van der Waals surface area contributed by atoms with E-state index in [1.165, 1.54) is 0 Å². The van der Waals surface area contributed by atoms with Gasteiger partial charge in [-0.05, 0) is 12.8 Å². The van der Waals surface area contributed by atoms with Crippen molar-refractivity contribution >= 4 is 5.96 Å². The second-order valence-electron chi connectivity index (χ2n) is 6.63. The Morgan fingerprint density at radius 2 is 1.96 bits per heavy atom. The molecule has 2 aromatic rings. The van der Waals surface area contributed by atoms with E-state index in [4.69, 9.17) is 4.42 Å². The van der Waals surface area contributed by atoms with E-state index in [9.17, 15) is 0 Å². The minimum absolute atomic E-state index is 0.0318. The van der Waals surface area contributed by atoms with Crippen LogP contribution in [0.4, 0.5) is 0 Å². The molecule has 0 aliphatic carbocycles. The molecule has 2 aromatic heterocycles. The zero-order valence-electron chi connectivity index (χ0n) is 14.9. The molecule has 0 aromatic carbocycles. The monoisotopic (exact) mass is 333 g/mol. The average molecular weight is 333 g/mol. The minimum Gasteiger partial charge on any atom is -0.443 e.